The third-order valence-corrected chi connectivity index (χ3v) is 6.79. The lowest BCUT2D eigenvalue weighted by molar-refractivity contribution is 0.0521. The van der Waals surface area contributed by atoms with E-state index in [1.54, 1.807) is 14.2 Å². The molecule has 1 atom stereocenters. The maximum Gasteiger partial charge on any atom is 0.407 e. The minimum absolute atomic E-state index is 0.0275. The summed E-state index contributed by atoms with van der Waals surface area (Å²) in [6, 6.07) is 11.7. The molecule has 0 bridgehead atoms. The smallest absolute Gasteiger partial charge is 0.407 e. The number of ether oxygens (including phenoxy) is 3. The van der Waals surface area contributed by atoms with E-state index in [9.17, 15) is 9.59 Å². The van der Waals surface area contributed by atoms with Crippen molar-refractivity contribution in [3.63, 3.8) is 0 Å². The number of hydrogen-bond acceptors (Lipinski definition) is 6. The number of hydrogen-bond donors (Lipinski definition) is 1. The van der Waals surface area contributed by atoms with Crippen molar-refractivity contribution in [3.05, 3.63) is 53.1 Å². The fourth-order valence-corrected chi connectivity index (χ4v) is 5.14. The lowest BCUT2D eigenvalue weighted by Crippen LogP contribution is -2.34. The van der Waals surface area contributed by atoms with Gasteiger partial charge < -0.3 is 29.3 Å². The fraction of sp³-hybridized carbons (Fsp3) is 0.548. The third kappa shape index (κ3) is 7.58. The van der Waals surface area contributed by atoms with Crippen LogP contribution in [0, 0.1) is 0 Å². The Labute approximate surface area is 233 Å². The van der Waals surface area contributed by atoms with Crippen LogP contribution in [0.25, 0.3) is 0 Å². The quantitative estimate of drug-likeness (QED) is 0.300. The Kier molecular flexibility index (Phi) is 10.5. The van der Waals surface area contributed by atoms with Crippen LogP contribution in [0.15, 0.2) is 36.4 Å². The summed E-state index contributed by atoms with van der Waals surface area (Å²) in [6.45, 7) is 12.8. The highest BCUT2D eigenvalue weighted by atomic mass is 16.6. The molecule has 39 heavy (non-hydrogen) atoms. The van der Waals surface area contributed by atoms with Crippen molar-refractivity contribution in [2.75, 3.05) is 38.8 Å². The number of rotatable bonds is 13. The first-order chi connectivity index (χ1) is 18.6. The Morgan fingerprint density at radius 2 is 1.74 bits per heavy atom. The summed E-state index contributed by atoms with van der Waals surface area (Å²) in [7, 11) is 3.22. The second kappa shape index (κ2) is 13.6. The summed E-state index contributed by atoms with van der Waals surface area (Å²) in [5.74, 6) is 1.29. The zero-order chi connectivity index (χ0) is 28.6. The first kappa shape index (κ1) is 30.1. The number of alkyl carbamates (subject to hydrolysis) is 1. The average molecular weight is 540 g/mol. The molecule has 0 aliphatic carbocycles. The second-order valence-electron chi connectivity index (χ2n) is 10.9. The molecule has 0 unspecified atom stereocenters. The Hall–Kier alpha value is -3.42. The molecule has 0 aromatic heterocycles. The van der Waals surface area contributed by atoms with Crippen LogP contribution in [0.5, 0.6) is 11.5 Å². The number of benzene rings is 2. The summed E-state index contributed by atoms with van der Waals surface area (Å²) < 4.78 is 16.4. The average Bonchev–Trinajstić information content (AvgIpc) is 3.23. The van der Waals surface area contributed by atoms with Crippen molar-refractivity contribution in [1.82, 2.24) is 10.2 Å². The minimum atomic E-state index is -0.554. The highest BCUT2D eigenvalue weighted by Gasteiger charge is 2.35. The molecule has 1 aliphatic heterocycles. The number of anilines is 1. The van der Waals surface area contributed by atoms with Crippen molar-refractivity contribution in [2.45, 2.75) is 78.5 Å². The van der Waals surface area contributed by atoms with E-state index >= 15 is 0 Å². The zero-order valence-electron chi connectivity index (χ0n) is 24.6. The van der Waals surface area contributed by atoms with Gasteiger partial charge in [0.15, 0.2) is 11.5 Å². The van der Waals surface area contributed by atoms with E-state index < -0.39 is 11.7 Å². The van der Waals surface area contributed by atoms with Crippen LogP contribution >= 0.6 is 0 Å². The number of carbonyl (C=O) groups is 2. The number of fused-ring (bicyclic) bond motifs is 1. The predicted octanol–water partition coefficient (Wildman–Crippen LogP) is 6.33. The van der Waals surface area contributed by atoms with Crippen LogP contribution in [-0.2, 0) is 11.3 Å². The van der Waals surface area contributed by atoms with Gasteiger partial charge in [0.05, 0.1) is 20.3 Å². The van der Waals surface area contributed by atoms with Gasteiger partial charge in [0.25, 0.3) is 5.91 Å². The van der Waals surface area contributed by atoms with Crippen molar-refractivity contribution < 1.29 is 23.8 Å². The van der Waals surface area contributed by atoms with E-state index in [-0.39, 0.29) is 11.9 Å². The molecule has 0 saturated carbocycles. The number of carbonyl (C=O) groups excluding carboxylic acids is 2. The van der Waals surface area contributed by atoms with E-state index in [4.69, 9.17) is 14.2 Å². The molecule has 2 aromatic rings. The first-order valence-electron chi connectivity index (χ1n) is 14.0. The second-order valence-corrected chi connectivity index (χ2v) is 10.9. The van der Waals surface area contributed by atoms with Gasteiger partial charge in [-0.2, -0.15) is 0 Å². The molecule has 8 nitrogen and oxygen atoms in total. The summed E-state index contributed by atoms with van der Waals surface area (Å²) in [4.78, 5) is 30.4. The van der Waals surface area contributed by atoms with Crippen LogP contribution in [0.2, 0.25) is 0 Å². The molecule has 1 aliphatic rings. The molecular formula is C31H45N3O5. The van der Waals surface area contributed by atoms with Gasteiger partial charge in [0.1, 0.15) is 5.60 Å². The van der Waals surface area contributed by atoms with Gasteiger partial charge in [-0.1, -0.05) is 26.0 Å². The summed E-state index contributed by atoms with van der Waals surface area (Å²) in [5, 5.41) is 2.84. The van der Waals surface area contributed by atoms with Crippen molar-refractivity contribution >= 4 is 17.7 Å². The topological polar surface area (TPSA) is 80.3 Å². The summed E-state index contributed by atoms with van der Waals surface area (Å²) in [6.07, 6.45) is 2.98. The molecule has 214 valence electrons. The molecule has 0 fully saturated rings. The molecule has 1 heterocycles. The maximum atomic E-state index is 13.8. The van der Waals surface area contributed by atoms with Gasteiger partial charge >= 0.3 is 6.09 Å². The van der Waals surface area contributed by atoms with Gasteiger partial charge in [0, 0.05) is 43.0 Å². The van der Waals surface area contributed by atoms with Gasteiger partial charge in [-0.25, -0.2) is 4.79 Å². The predicted molar refractivity (Wildman–Crippen MR) is 155 cm³/mol. The number of nitrogens with zero attached hydrogens (tertiary/aromatic N) is 2. The molecule has 1 N–H and O–H groups in total. The third-order valence-electron chi connectivity index (χ3n) is 6.79. The fourth-order valence-electron chi connectivity index (χ4n) is 5.14. The molecule has 2 aromatic carbocycles. The normalized spacial score (nSPS) is 13.6. The van der Waals surface area contributed by atoms with E-state index in [1.165, 1.54) is 0 Å². The maximum absolute atomic E-state index is 13.8. The molecule has 8 heteroatoms. The van der Waals surface area contributed by atoms with Gasteiger partial charge in [-0.05, 0) is 76.3 Å². The van der Waals surface area contributed by atoms with E-state index in [2.05, 4.69) is 30.1 Å². The Morgan fingerprint density at radius 1 is 1.05 bits per heavy atom. The molecule has 3 rings (SSSR count). The monoisotopic (exact) mass is 539 g/mol. The lowest BCUT2D eigenvalue weighted by Gasteiger charge is -2.30. The van der Waals surface area contributed by atoms with Gasteiger partial charge in [0.2, 0.25) is 0 Å². The van der Waals surface area contributed by atoms with E-state index in [1.807, 2.05) is 56.0 Å². The largest absolute Gasteiger partial charge is 0.493 e. The Balaban J connectivity index is 1.89. The molecule has 2 amide bonds. The van der Waals surface area contributed by atoms with Crippen LogP contribution in [0.1, 0.15) is 87.8 Å². The van der Waals surface area contributed by atoms with E-state index in [0.717, 1.165) is 48.3 Å². The minimum Gasteiger partial charge on any atom is -0.493 e. The highest BCUT2D eigenvalue weighted by Crippen LogP contribution is 2.40. The van der Waals surface area contributed by atoms with Crippen molar-refractivity contribution in [2.24, 2.45) is 0 Å². The zero-order valence-corrected chi connectivity index (χ0v) is 24.6. The molecule has 0 saturated heterocycles. The number of nitrogens with one attached hydrogen (secondary N) is 1. The molecule has 0 radical (unpaired) electrons. The summed E-state index contributed by atoms with van der Waals surface area (Å²) in [5.41, 5.74) is 3.40. The van der Waals surface area contributed by atoms with Crippen LogP contribution in [0.3, 0.4) is 0 Å². The standard InChI is InChI=1S/C31H45N3O5/c1-8-18-33(19-9-2)26-13-10-12-23-24(26)21-34(29(23)35)25(14-11-17-32-30(36)39-31(3,4)5)22-15-16-27(37-6)28(20-22)38-7/h10,12-13,15-16,20,25H,8-9,11,14,17-19,21H2,1-7H3,(H,32,36)/t25-/m1/s1. The molecular weight excluding hydrogens is 494 g/mol. The van der Waals surface area contributed by atoms with Crippen LogP contribution in [-0.4, -0.2) is 56.4 Å². The SMILES string of the molecule is CCCN(CCC)c1cccc2c1CN([C@H](CCCNC(=O)OC(C)(C)C)c1ccc(OC)c(OC)c1)C2=O. The first-order valence-corrected chi connectivity index (χ1v) is 14.0. The Bertz CT molecular complexity index is 1120. The van der Waals surface area contributed by atoms with Crippen molar-refractivity contribution in [3.8, 4) is 11.5 Å². The van der Waals surface area contributed by atoms with Gasteiger partial charge in [-0.3, -0.25) is 4.79 Å². The number of methoxy groups -OCH3 is 2. The van der Waals surface area contributed by atoms with Crippen LogP contribution in [0.4, 0.5) is 10.5 Å². The summed E-state index contributed by atoms with van der Waals surface area (Å²) >= 11 is 0. The molecule has 0 spiro atoms. The van der Waals surface area contributed by atoms with Crippen molar-refractivity contribution in [1.29, 1.82) is 0 Å². The van der Waals surface area contributed by atoms with Gasteiger partial charge in [-0.15, -0.1) is 0 Å². The number of amides is 2. The van der Waals surface area contributed by atoms with E-state index in [0.29, 0.717) is 37.4 Å². The Morgan fingerprint density at radius 3 is 2.36 bits per heavy atom. The van der Waals surface area contributed by atoms with Crippen LogP contribution < -0.4 is 19.7 Å². The highest BCUT2D eigenvalue weighted by molar-refractivity contribution is 6.00. The lowest BCUT2D eigenvalue weighted by atomic mass is 9.99.